The molecule has 1 aromatic rings. The highest BCUT2D eigenvalue weighted by molar-refractivity contribution is 7.90. The second kappa shape index (κ2) is 5.88. The molecule has 106 valence electrons. The molecule has 0 amide bonds. The summed E-state index contributed by atoms with van der Waals surface area (Å²) < 4.78 is 40.6. The molecule has 0 spiro atoms. The Kier molecular flexibility index (Phi) is 4.42. The van der Waals surface area contributed by atoms with E-state index < -0.39 is 9.84 Å². The summed E-state index contributed by atoms with van der Waals surface area (Å²) in [6, 6.07) is 5.01. The van der Waals surface area contributed by atoms with Gasteiger partial charge in [-0.05, 0) is 30.5 Å². The third kappa shape index (κ3) is 5.57. The normalized spacial score (nSPS) is 15.5. The van der Waals surface area contributed by atoms with Crippen LogP contribution >= 0.6 is 0 Å². The molecule has 1 aliphatic carbocycles. The molecular formula is C13H18FNO3S. The maximum Gasteiger partial charge on any atom is 0.150 e. The van der Waals surface area contributed by atoms with Crippen molar-refractivity contribution in [2.24, 2.45) is 0 Å². The number of ether oxygens (including phenoxy) is 1. The third-order valence-corrected chi connectivity index (χ3v) is 3.73. The molecule has 0 heterocycles. The van der Waals surface area contributed by atoms with E-state index in [1.54, 1.807) is 6.07 Å². The van der Waals surface area contributed by atoms with Gasteiger partial charge in [-0.1, -0.05) is 0 Å². The molecule has 4 nitrogen and oxygen atoms in total. The van der Waals surface area contributed by atoms with Crippen LogP contribution in [0.1, 0.15) is 18.4 Å². The molecular weight excluding hydrogens is 269 g/mol. The van der Waals surface area contributed by atoms with Gasteiger partial charge < -0.3 is 10.1 Å². The van der Waals surface area contributed by atoms with E-state index in [0.717, 1.165) is 11.8 Å². The van der Waals surface area contributed by atoms with Gasteiger partial charge >= 0.3 is 0 Å². The highest BCUT2D eigenvalue weighted by Crippen LogP contribution is 2.21. The number of halogens is 1. The fraction of sp³-hybridized carbons (Fsp3) is 0.538. The summed E-state index contributed by atoms with van der Waals surface area (Å²) in [7, 11) is -3.06. The summed E-state index contributed by atoms with van der Waals surface area (Å²) in [5.41, 5.74) is 0.807. The van der Waals surface area contributed by atoms with Gasteiger partial charge in [0.25, 0.3) is 0 Å². The molecule has 0 radical (unpaired) electrons. The molecule has 0 aromatic heterocycles. The van der Waals surface area contributed by atoms with E-state index in [1.165, 1.54) is 25.0 Å². The van der Waals surface area contributed by atoms with Crippen molar-refractivity contribution in [1.82, 2.24) is 5.32 Å². The molecule has 0 bridgehead atoms. The average molecular weight is 287 g/mol. The molecule has 0 unspecified atom stereocenters. The standard InChI is InChI=1S/C13H18FNO3S/c1-19(16,17)5-4-18-13-7-10(6-11(14)8-13)9-15-12-2-3-12/h6-8,12,15H,2-5,9H2,1H3. The van der Waals surface area contributed by atoms with Crippen molar-refractivity contribution < 1.29 is 17.5 Å². The van der Waals surface area contributed by atoms with Crippen LogP contribution < -0.4 is 10.1 Å². The lowest BCUT2D eigenvalue weighted by Gasteiger charge is -2.09. The van der Waals surface area contributed by atoms with Crippen LogP contribution in [0.25, 0.3) is 0 Å². The highest BCUT2D eigenvalue weighted by atomic mass is 32.2. The minimum atomic E-state index is -3.06. The lowest BCUT2D eigenvalue weighted by atomic mass is 10.2. The molecule has 1 aliphatic rings. The van der Waals surface area contributed by atoms with Crippen molar-refractivity contribution in [1.29, 1.82) is 0 Å². The van der Waals surface area contributed by atoms with E-state index in [4.69, 9.17) is 4.74 Å². The van der Waals surface area contributed by atoms with Crippen molar-refractivity contribution in [3.8, 4) is 5.75 Å². The SMILES string of the molecule is CS(=O)(=O)CCOc1cc(F)cc(CNC2CC2)c1. The van der Waals surface area contributed by atoms with Crippen LogP contribution in [0.15, 0.2) is 18.2 Å². The predicted octanol–water partition coefficient (Wildman–Crippen LogP) is 1.50. The second-order valence-corrected chi connectivity index (χ2v) is 7.19. The van der Waals surface area contributed by atoms with E-state index in [-0.39, 0.29) is 18.2 Å². The van der Waals surface area contributed by atoms with E-state index in [2.05, 4.69) is 5.32 Å². The fourth-order valence-corrected chi connectivity index (χ4v) is 2.05. The zero-order valence-electron chi connectivity index (χ0n) is 10.9. The van der Waals surface area contributed by atoms with Gasteiger partial charge in [-0.25, -0.2) is 12.8 Å². The number of sulfone groups is 1. The van der Waals surface area contributed by atoms with Gasteiger partial charge in [-0.15, -0.1) is 0 Å². The Morgan fingerprint density at radius 3 is 2.74 bits per heavy atom. The summed E-state index contributed by atoms with van der Waals surface area (Å²) in [4.78, 5) is 0. The lowest BCUT2D eigenvalue weighted by Crippen LogP contribution is -2.16. The molecule has 6 heteroatoms. The number of nitrogens with one attached hydrogen (secondary N) is 1. The first-order valence-electron chi connectivity index (χ1n) is 6.26. The highest BCUT2D eigenvalue weighted by Gasteiger charge is 2.20. The van der Waals surface area contributed by atoms with Crippen LogP contribution in [-0.4, -0.2) is 33.1 Å². The van der Waals surface area contributed by atoms with Crippen LogP contribution in [-0.2, 0) is 16.4 Å². The van der Waals surface area contributed by atoms with Gasteiger partial charge in [0, 0.05) is 24.9 Å². The number of rotatable bonds is 7. The molecule has 1 N–H and O–H groups in total. The number of hydrogen-bond donors (Lipinski definition) is 1. The van der Waals surface area contributed by atoms with Gasteiger partial charge in [0.15, 0.2) is 9.84 Å². The molecule has 1 aromatic carbocycles. The fourth-order valence-electron chi connectivity index (χ4n) is 1.67. The van der Waals surface area contributed by atoms with Crippen molar-refractivity contribution >= 4 is 9.84 Å². The Labute approximate surface area is 112 Å². The first kappa shape index (κ1) is 14.3. The molecule has 0 aliphatic heterocycles. The Bertz CT molecular complexity index is 541. The number of hydrogen-bond acceptors (Lipinski definition) is 4. The molecule has 0 saturated heterocycles. The lowest BCUT2D eigenvalue weighted by molar-refractivity contribution is 0.338. The van der Waals surface area contributed by atoms with Gasteiger partial charge in [-0.2, -0.15) is 0 Å². The quantitative estimate of drug-likeness (QED) is 0.826. The smallest absolute Gasteiger partial charge is 0.150 e. The Balaban J connectivity index is 1.91. The maximum atomic E-state index is 13.4. The third-order valence-electron chi connectivity index (χ3n) is 2.83. The average Bonchev–Trinajstić information content (AvgIpc) is 3.07. The topological polar surface area (TPSA) is 55.4 Å². The van der Waals surface area contributed by atoms with Crippen molar-refractivity contribution in [2.45, 2.75) is 25.4 Å². The van der Waals surface area contributed by atoms with Crippen LogP contribution in [0.2, 0.25) is 0 Å². The summed E-state index contributed by atoms with van der Waals surface area (Å²) in [6.45, 7) is 0.642. The van der Waals surface area contributed by atoms with Crippen molar-refractivity contribution in [2.75, 3.05) is 18.6 Å². The van der Waals surface area contributed by atoms with Gasteiger partial charge in [0.1, 0.15) is 18.2 Å². The summed E-state index contributed by atoms with van der Waals surface area (Å²) in [5, 5.41) is 3.29. The molecule has 1 saturated carbocycles. The first-order valence-corrected chi connectivity index (χ1v) is 8.32. The van der Waals surface area contributed by atoms with Crippen LogP contribution in [0.4, 0.5) is 4.39 Å². The van der Waals surface area contributed by atoms with Gasteiger partial charge in [0.2, 0.25) is 0 Å². The van der Waals surface area contributed by atoms with Crippen molar-refractivity contribution in [3.05, 3.63) is 29.6 Å². The Hall–Kier alpha value is -1.14. The minimum absolute atomic E-state index is 0.0395. The van der Waals surface area contributed by atoms with E-state index in [0.29, 0.717) is 18.3 Å². The zero-order valence-corrected chi connectivity index (χ0v) is 11.7. The molecule has 19 heavy (non-hydrogen) atoms. The number of benzene rings is 1. The summed E-state index contributed by atoms with van der Waals surface area (Å²) >= 11 is 0. The Morgan fingerprint density at radius 1 is 1.37 bits per heavy atom. The van der Waals surface area contributed by atoms with E-state index in [9.17, 15) is 12.8 Å². The van der Waals surface area contributed by atoms with Gasteiger partial charge in [0.05, 0.1) is 5.75 Å². The van der Waals surface area contributed by atoms with Crippen molar-refractivity contribution in [3.63, 3.8) is 0 Å². The molecule has 2 rings (SSSR count). The summed E-state index contributed by atoms with van der Waals surface area (Å²) in [6.07, 6.45) is 3.49. The van der Waals surface area contributed by atoms with Gasteiger partial charge in [-0.3, -0.25) is 0 Å². The van der Waals surface area contributed by atoms with Crippen LogP contribution in [0, 0.1) is 5.82 Å². The van der Waals surface area contributed by atoms with Crippen LogP contribution in [0.5, 0.6) is 5.75 Å². The summed E-state index contributed by atoms with van der Waals surface area (Å²) in [5.74, 6) is -0.0696. The Morgan fingerprint density at radius 2 is 2.11 bits per heavy atom. The largest absolute Gasteiger partial charge is 0.492 e. The molecule has 1 fully saturated rings. The first-order chi connectivity index (χ1) is 8.92. The minimum Gasteiger partial charge on any atom is -0.492 e. The van der Waals surface area contributed by atoms with E-state index in [1.807, 2.05) is 0 Å². The second-order valence-electron chi connectivity index (χ2n) is 4.93. The van der Waals surface area contributed by atoms with Crippen LogP contribution in [0.3, 0.4) is 0 Å². The predicted molar refractivity (Wildman–Crippen MR) is 71.5 cm³/mol. The maximum absolute atomic E-state index is 13.4. The zero-order chi connectivity index (χ0) is 13.9. The monoisotopic (exact) mass is 287 g/mol. The molecule has 0 atom stereocenters. The van der Waals surface area contributed by atoms with E-state index >= 15 is 0 Å².